The minimum Gasteiger partial charge on any atom is -0.314 e. The Balaban J connectivity index is 1.61. The van der Waals surface area contributed by atoms with E-state index in [0.29, 0.717) is 6.04 Å². The normalized spacial score (nSPS) is 28.1. The lowest BCUT2D eigenvalue weighted by Crippen LogP contribution is -2.45. The van der Waals surface area contributed by atoms with Gasteiger partial charge in [0.1, 0.15) is 0 Å². The van der Waals surface area contributed by atoms with Gasteiger partial charge in [-0.05, 0) is 51.7 Å². The van der Waals surface area contributed by atoms with Crippen molar-refractivity contribution in [3.8, 4) is 12.3 Å². The van der Waals surface area contributed by atoms with Gasteiger partial charge < -0.3 is 10.2 Å². The predicted molar refractivity (Wildman–Crippen MR) is 76.5 cm³/mol. The second kappa shape index (κ2) is 7.13. The van der Waals surface area contributed by atoms with E-state index in [1.165, 1.54) is 45.3 Å². The van der Waals surface area contributed by atoms with E-state index in [1.54, 1.807) is 0 Å². The highest BCUT2D eigenvalue weighted by molar-refractivity contribution is 4.90. The monoisotopic (exact) mass is 249 g/mol. The second-order valence-corrected chi connectivity index (χ2v) is 5.93. The lowest BCUT2D eigenvalue weighted by atomic mass is 9.97. The maximum absolute atomic E-state index is 5.35. The van der Waals surface area contributed by atoms with Crippen LogP contribution in [0.3, 0.4) is 0 Å². The van der Waals surface area contributed by atoms with E-state index in [2.05, 4.69) is 28.1 Å². The molecule has 102 valence electrons. The summed E-state index contributed by atoms with van der Waals surface area (Å²) in [6.45, 7) is 6.88. The van der Waals surface area contributed by atoms with Crippen molar-refractivity contribution in [3.63, 3.8) is 0 Å². The van der Waals surface area contributed by atoms with Crippen LogP contribution in [-0.2, 0) is 0 Å². The van der Waals surface area contributed by atoms with Crippen molar-refractivity contribution >= 4 is 0 Å². The number of nitrogens with zero attached hydrogens (tertiary/aromatic N) is 2. The molecular formula is C15H27N3. The van der Waals surface area contributed by atoms with E-state index in [9.17, 15) is 0 Å². The first-order valence-corrected chi connectivity index (χ1v) is 7.35. The molecule has 0 saturated carbocycles. The highest BCUT2D eigenvalue weighted by Gasteiger charge is 2.21. The maximum atomic E-state index is 5.35. The van der Waals surface area contributed by atoms with E-state index in [0.717, 1.165) is 25.6 Å². The van der Waals surface area contributed by atoms with Crippen LogP contribution in [0.4, 0.5) is 0 Å². The molecule has 1 atom stereocenters. The predicted octanol–water partition coefficient (Wildman–Crippen LogP) is 1.02. The van der Waals surface area contributed by atoms with Crippen molar-refractivity contribution in [1.29, 1.82) is 0 Å². The van der Waals surface area contributed by atoms with E-state index < -0.39 is 0 Å². The largest absolute Gasteiger partial charge is 0.314 e. The first-order valence-electron chi connectivity index (χ1n) is 7.35. The number of piperidine rings is 2. The molecule has 0 aromatic heterocycles. The van der Waals surface area contributed by atoms with Crippen LogP contribution in [0.1, 0.15) is 25.7 Å². The molecule has 3 nitrogen and oxygen atoms in total. The van der Waals surface area contributed by atoms with Gasteiger partial charge in [0, 0.05) is 25.7 Å². The molecule has 2 aliphatic rings. The highest BCUT2D eigenvalue weighted by atomic mass is 15.1. The van der Waals surface area contributed by atoms with E-state index >= 15 is 0 Å². The standard InChI is InChI=1S/C15H27N3/c1-3-8-18-10-6-15(7-11-18)16-12-14-5-4-9-17(2)13-14/h1,14-16H,4-13H2,2H3. The summed E-state index contributed by atoms with van der Waals surface area (Å²) >= 11 is 0. The third kappa shape index (κ3) is 4.28. The molecule has 18 heavy (non-hydrogen) atoms. The number of rotatable bonds is 4. The molecule has 1 unspecified atom stereocenters. The number of nitrogens with one attached hydrogen (secondary N) is 1. The van der Waals surface area contributed by atoms with Crippen molar-refractivity contribution in [3.05, 3.63) is 0 Å². The van der Waals surface area contributed by atoms with E-state index in [4.69, 9.17) is 6.42 Å². The van der Waals surface area contributed by atoms with Gasteiger partial charge in [-0.15, -0.1) is 6.42 Å². The Morgan fingerprint density at radius 1 is 1.22 bits per heavy atom. The van der Waals surface area contributed by atoms with Crippen molar-refractivity contribution < 1.29 is 0 Å². The third-order valence-electron chi connectivity index (χ3n) is 4.32. The molecule has 0 aromatic carbocycles. The molecule has 2 aliphatic heterocycles. The minimum atomic E-state index is 0.714. The van der Waals surface area contributed by atoms with Gasteiger partial charge >= 0.3 is 0 Å². The van der Waals surface area contributed by atoms with Crippen LogP contribution in [0.25, 0.3) is 0 Å². The molecule has 2 rings (SSSR count). The molecule has 0 spiro atoms. The van der Waals surface area contributed by atoms with Crippen LogP contribution in [0.2, 0.25) is 0 Å². The molecule has 1 N–H and O–H groups in total. The Hall–Kier alpha value is -0.560. The Morgan fingerprint density at radius 3 is 2.67 bits per heavy atom. The Morgan fingerprint density at radius 2 is 2.00 bits per heavy atom. The molecule has 0 amide bonds. The van der Waals surface area contributed by atoms with Crippen LogP contribution in [0.5, 0.6) is 0 Å². The molecule has 0 bridgehead atoms. The number of hydrogen-bond donors (Lipinski definition) is 1. The zero-order chi connectivity index (χ0) is 12.8. The molecule has 3 heteroatoms. The topological polar surface area (TPSA) is 18.5 Å². The Labute approximate surface area is 112 Å². The van der Waals surface area contributed by atoms with Crippen molar-refractivity contribution in [2.45, 2.75) is 31.7 Å². The summed E-state index contributed by atoms with van der Waals surface area (Å²) < 4.78 is 0. The lowest BCUT2D eigenvalue weighted by molar-refractivity contribution is 0.183. The molecule has 0 radical (unpaired) electrons. The molecule has 0 aliphatic carbocycles. The lowest BCUT2D eigenvalue weighted by Gasteiger charge is -2.34. The van der Waals surface area contributed by atoms with Gasteiger partial charge in [0.15, 0.2) is 0 Å². The van der Waals surface area contributed by atoms with Gasteiger partial charge in [-0.3, -0.25) is 4.90 Å². The zero-order valence-electron chi connectivity index (χ0n) is 11.7. The quantitative estimate of drug-likeness (QED) is 0.750. The van der Waals surface area contributed by atoms with Gasteiger partial charge in [0.05, 0.1) is 6.54 Å². The summed E-state index contributed by atoms with van der Waals surface area (Å²) in [5, 5.41) is 3.77. The first-order chi connectivity index (χ1) is 8.78. The third-order valence-corrected chi connectivity index (χ3v) is 4.32. The summed E-state index contributed by atoms with van der Waals surface area (Å²) in [4.78, 5) is 4.85. The average Bonchev–Trinajstić information content (AvgIpc) is 2.38. The van der Waals surface area contributed by atoms with Gasteiger partial charge in [-0.2, -0.15) is 0 Å². The molecule has 0 aromatic rings. The van der Waals surface area contributed by atoms with Crippen LogP contribution in [-0.4, -0.2) is 62.2 Å². The summed E-state index contributed by atoms with van der Waals surface area (Å²) in [7, 11) is 2.24. The van der Waals surface area contributed by atoms with Gasteiger partial charge in [0.25, 0.3) is 0 Å². The van der Waals surface area contributed by atoms with Gasteiger partial charge in [0.2, 0.25) is 0 Å². The van der Waals surface area contributed by atoms with Crippen molar-refractivity contribution in [2.24, 2.45) is 5.92 Å². The number of hydrogen-bond acceptors (Lipinski definition) is 3. The fraction of sp³-hybridized carbons (Fsp3) is 0.867. The van der Waals surface area contributed by atoms with Crippen molar-refractivity contribution in [1.82, 2.24) is 15.1 Å². The van der Waals surface area contributed by atoms with Crippen LogP contribution in [0.15, 0.2) is 0 Å². The fourth-order valence-corrected chi connectivity index (χ4v) is 3.20. The van der Waals surface area contributed by atoms with Crippen LogP contribution < -0.4 is 5.32 Å². The number of terminal acetylenes is 1. The minimum absolute atomic E-state index is 0.714. The Bertz CT molecular complexity index is 276. The van der Waals surface area contributed by atoms with Crippen LogP contribution >= 0.6 is 0 Å². The summed E-state index contributed by atoms with van der Waals surface area (Å²) in [5.41, 5.74) is 0. The maximum Gasteiger partial charge on any atom is 0.0598 e. The summed E-state index contributed by atoms with van der Waals surface area (Å²) in [5.74, 6) is 3.59. The fourth-order valence-electron chi connectivity index (χ4n) is 3.20. The molecule has 2 fully saturated rings. The van der Waals surface area contributed by atoms with Crippen LogP contribution in [0, 0.1) is 18.3 Å². The molecule has 2 heterocycles. The highest BCUT2D eigenvalue weighted by Crippen LogP contribution is 2.15. The van der Waals surface area contributed by atoms with Gasteiger partial charge in [-0.1, -0.05) is 5.92 Å². The number of likely N-dealkylation sites (tertiary alicyclic amines) is 2. The average molecular weight is 249 g/mol. The molecular weight excluding hydrogens is 222 g/mol. The second-order valence-electron chi connectivity index (χ2n) is 5.93. The SMILES string of the molecule is C#CCN1CCC(NCC2CCCN(C)C2)CC1. The summed E-state index contributed by atoms with van der Waals surface area (Å²) in [6, 6.07) is 0.714. The van der Waals surface area contributed by atoms with Crippen molar-refractivity contribution in [2.75, 3.05) is 46.3 Å². The smallest absolute Gasteiger partial charge is 0.0598 e. The Kier molecular flexibility index (Phi) is 5.49. The molecule has 2 saturated heterocycles. The van der Waals surface area contributed by atoms with E-state index in [-0.39, 0.29) is 0 Å². The zero-order valence-corrected chi connectivity index (χ0v) is 11.7. The van der Waals surface area contributed by atoms with E-state index in [1.807, 2.05) is 0 Å². The first kappa shape index (κ1) is 13.9. The summed E-state index contributed by atoms with van der Waals surface area (Å²) in [6.07, 6.45) is 10.6. The van der Waals surface area contributed by atoms with Gasteiger partial charge in [-0.25, -0.2) is 0 Å².